The lowest BCUT2D eigenvalue weighted by molar-refractivity contribution is -0.144. The highest BCUT2D eigenvalue weighted by Gasteiger charge is 2.36. The summed E-state index contributed by atoms with van der Waals surface area (Å²) >= 11 is 0. The van der Waals surface area contributed by atoms with Crippen molar-refractivity contribution in [1.29, 1.82) is 0 Å². The molecule has 0 saturated heterocycles. The standard InChI is InChI=1S/C9H8F3N5/c1-5-15-8(9(10,11)12)16-17(5)7-3-2-6(13)4-14-7/h2-4H,13H2,1H3. The van der Waals surface area contributed by atoms with Gasteiger partial charge in [-0.05, 0) is 19.1 Å². The number of hydrogen-bond acceptors (Lipinski definition) is 4. The van der Waals surface area contributed by atoms with Crippen LogP contribution in [0.1, 0.15) is 11.6 Å². The second kappa shape index (κ2) is 3.72. The van der Waals surface area contributed by atoms with Gasteiger partial charge in [-0.2, -0.15) is 17.9 Å². The van der Waals surface area contributed by atoms with Gasteiger partial charge in [-0.3, -0.25) is 0 Å². The van der Waals surface area contributed by atoms with Crippen LogP contribution in [0.2, 0.25) is 0 Å². The van der Waals surface area contributed by atoms with Crippen molar-refractivity contribution >= 4 is 5.69 Å². The normalized spacial score (nSPS) is 11.8. The van der Waals surface area contributed by atoms with Crippen LogP contribution >= 0.6 is 0 Å². The molecule has 0 fully saturated rings. The molecule has 0 amide bonds. The summed E-state index contributed by atoms with van der Waals surface area (Å²) in [7, 11) is 0. The molecule has 2 heterocycles. The Bertz CT molecular complexity index is 529. The average Bonchev–Trinajstić information content (AvgIpc) is 2.61. The first-order valence-corrected chi connectivity index (χ1v) is 4.60. The fraction of sp³-hybridized carbons (Fsp3) is 0.222. The molecule has 2 rings (SSSR count). The second-order valence-electron chi connectivity index (χ2n) is 3.34. The molecule has 8 heteroatoms. The van der Waals surface area contributed by atoms with Crippen LogP contribution in [0, 0.1) is 6.92 Å². The molecule has 0 aliphatic rings. The van der Waals surface area contributed by atoms with E-state index in [9.17, 15) is 13.2 Å². The molecule has 0 radical (unpaired) electrons. The summed E-state index contributed by atoms with van der Waals surface area (Å²) in [4.78, 5) is 7.21. The molecule has 17 heavy (non-hydrogen) atoms. The van der Waals surface area contributed by atoms with Gasteiger partial charge in [0.05, 0.1) is 11.9 Å². The molecule has 2 N–H and O–H groups in total. The van der Waals surface area contributed by atoms with Crippen molar-refractivity contribution in [1.82, 2.24) is 19.7 Å². The summed E-state index contributed by atoms with van der Waals surface area (Å²) in [6.45, 7) is 1.42. The number of anilines is 1. The van der Waals surface area contributed by atoms with Crippen LogP contribution < -0.4 is 5.73 Å². The van der Waals surface area contributed by atoms with Crippen molar-refractivity contribution < 1.29 is 13.2 Å². The molecule has 0 spiro atoms. The van der Waals surface area contributed by atoms with Gasteiger partial charge in [0.15, 0.2) is 5.82 Å². The Labute approximate surface area is 94.1 Å². The SMILES string of the molecule is Cc1nc(C(F)(F)F)nn1-c1ccc(N)cn1. The number of alkyl halides is 3. The van der Waals surface area contributed by atoms with Crippen LogP contribution in [0.5, 0.6) is 0 Å². The summed E-state index contributed by atoms with van der Waals surface area (Å²) < 4.78 is 38.2. The van der Waals surface area contributed by atoms with Gasteiger partial charge in [-0.15, -0.1) is 5.10 Å². The largest absolute Gasteiger partial charge is 0.453 e. The maximum Gasteiger partial charge on any atom is 0.453 e. The van der Waals surface area contributed by atoms with Crippen LogP contribution in [0.3, 0.4) is 0 Å². The Hall–Kier alpha value is -2.12. The number of hydrogen-bond donors (Lipinski definition) is 1. The van der Waals surface area contributed by atoms with Gasteiger partial charge in [-0.1, -0.05) is 0 Å². The zero-order chi connectivity index (χ0) is 12.6. The van der Waals surface area contributed by atoms with Crippen LogP contribution in [0.4, 0.5) is 18.9 Å². The molecule has 0 aliphatic carbocycles. The highest BCUT2D eigenvalue weighted by Crippen LogP contribution is 2.26. The Morgan fingerprint density at radius 3 is 2.47 bits per heavy atom. The number of nitrogens with two attached hydrogens (primary N) is 1. The first-order chi connectivity index (χ1) is 7.88. The third-order valence-electron chi connectivity index (χ3n) is 2.01. The summed E-state index contributed by atoms with van der Waals surface area (Å²) in [5.41, 5.74) is 5.85. The Morgan fingerprint density at radius 1 is 1.29 bits per heavy atom. The lowest BCUT2D eigenvalue weighted by Crippen LogP contribution is -2.09. The van der Waals surface area contributed by atoms with Gasteiger partial charge in [-0.25, -0.2) is 9.97 Å². The second-order valence-corrected chi connectivity index (χ2v) is 3.34. The van der Waals surface area contributed by atoms with Crippen LogP contribution in [-0.2, 0) is 6.18 Å². The number of halogens is 3. The van der Waals surface area contributed by atoms with E-state index >= 15 is 0 Å². The predicted molar refractivity (Wildman–Crippen MR) is 53.3 cm³/mol. The zero-order valence-electron chi connectivity index (χ0n) is 8.73. The number of pyridine rings is 1. The van der Waals surface area contributed by atoms with Crippen molar-refractivity contribution in [3.63, 3.8) is 0 Å². The highest BCUT2D eigenvalue weighted by atomic mass is 19.4. The molecule has 90 valence electrons. The fourth-order valence-electron chi connectivity index (χ4n) is 1.25. The van der Waals surface area contributed by atoms with Crippen molar-refractivity contribution in [2.45, 2.75) is 13.1 Å². The monoisotopic (exact) mass is 243 g/mol. The average molecular weight is 243 g/mol. The van der Waals surface area contributed by atoms with Crippen LogP contribution in [0.15, 0.2) is 18.3 Å². The van der Waals surface area contributed by atoms with E-state index in [0.29, 0.717) is 5.69 Å². The number of nitrogens with zero attached hydrogens (tertiary/aromatic N) is 4. The minimum Gasteiger partial charge on any atom is -0.397 e. The highest BCUT2D eigenvalue weighted by molar-refractivity contribution is 5.38. The molecule has 0 aromatic carbocycles. The third-order valence-corrected chi connectivity index (χ3v) is 2.01. The zero-order valence-corrected chi connectivity index (χ0v) is 8.73. The van der Waals surface area contributed by atoms with Gasteiger partial charge >= 0.3 is 6.18 Å². The molecule has 5 nitrogen and oxygen atoms in total. The van der Waals surface area contributed by atoms with E-state index in [2.05, 4.69) is 15.1 Å². The number of aromatic nitrogens is 4. The Morgan fingerprint density at radius 2 is 2.00 bits per heavy atom. The van der Waals surface area contributed by atoms with Gasteiger partial charge < -0.3 is 5.73 Å². The molecular formula is C9H8F3N5. The quantitative estimate of drug-likeness (QED) is 0.825. The fourth-order valence-corrected chi connectivity index (χ4v) is 1.25. The van der Waals surface area contributed by atoms with E-state index in [1.807, 2.05) is 0 Å². The summed E-state index contributed by atoms with van der Waals surface area (Å²) in [6, 6.07) is 2.99. The van der Waals surface area contributed by atoms with E-state index in [-0.39, 0.29) is 11.6 Å². The third kappa shape index (κ3) is 2.19. The minimum atomic E-state index is -4.57. The molecular weight excluding hydrogens is 235 g/mol. The maximum atomic E-state index is 12.4. The van der Waals surface area contributed by atoms with Gasteiger partial charge in [0.2, 0.25) is 0 Å². The molecule has 0 bridgehead atoms. The minimum absolute atomic E-state index is 0.106. The van der Waals surface area contributed by atoms with E-state index in [4.69, 9.17) is 5.73 Å². The van der Waals surface area contributed by atoms with Crippen molar-refractivity contribution in [3.05, 3.63) is 30.0 Å². The first-order valence-electron chi connectivity index (χ1n) is 4.60. The summed E-state index contributed by atoms with van der Waals surface area (Å²) in [5.74, 6) is -0.845. The first kappa shape index (κ1) is 11.4. The van der Waals surface area contributed by atoms with Crippen molar-refractivity contribution in [3.8, 4) is 5.82 Å². The molecule has 0 unspecified atom stereocenters. The van der Waals surface area contributed by atoms with E-state index in [1.165, 1.54) is 25.3 Å². The summed E-state index contributed by atoms with van der Waals surface area (Å²) in [6.07, 6.45) is -3.23. The molecule has 0 aliphatic heterocycles. The number of nitrogen functional groups attached to an aromatic ring is 1. The summed E-state index contributed by atoms with van der Waals surface area (Å²) in [5, 5.41) is 3.36. The van der Waals surface area contributed by atoms with Crippen molar-refractivity contribution in [2.75, 3.05) is 5.73 Å². The molecule has 0 atom stereocenters. The molecule has 0 saturated carbocycles. The topological polar surface area (TPSA) is 69.6 Å². The Balaban J connectivity index is 2.46. The lowest BCUT2D eigenvalue weighted by Gasteiger charge is -2.01. The van der Waals surface area contributed by atoms with Gasteiger partial charge in [0.25, 0.3) is 5.82 Å². The molecule has 2 aromatic rings. The maximum absolute atomic E-state index is 12.4. The van der Waals surface area contributed by atoms with Crippen LogP contribution in [0.25, 0.3) is 5.82 Å². The predicted octanol–water partition coefficient (Wildman–Crippen LogP) is 1.57. The number of rotatable bonds is 1. The van der Waals surface area contributed by atoms with Crippen molar-refractivity contribution in [2.24, 2.45) is 0 Å². The smallest absolute Gasteiger partial charge is 0.397 e. The lowest BCUT2D eigenvalue weighted by atomic mass is 10.4. The Kier molecular flexibility index (Phi) is 2.49. The van der Waals surface area contributed by atoms with Crippen LogP contribution in [-0.4, -0.2) is 19.7 Å². The van der Waals surface area contributed by atoms with E-state index in [1.54, 1.807) is 0 Å². The van der Waals surface area contributed by atoms with E-state index in [0.717, 1.165) is 4.68 Å². The van der Waals surface area contributed by atoms with Gasteiger partial charge in [0, 0.05) is 0 Å². The van der Waals surface area contributed by atoms with Gasteiger partial charge in [0.1, 0.15) is 5.82 Å². The van der Waals surface area contributed by atoms with E-state index < -0.39 is 12.0 Å². The molecule has 2 aromatic heterocycles. The number of aryl methyl sites for hydroxylation is 1.